The zero-order valence-electron chi connectivity index (χ0n) is 11.6. The van der Waals surface area contributed by atoms with Crippen LogP contribution in [0.5, 0.6) is 0 Å². The number of amides is 1. The lowest BCUT2D eigenvalue weighted by atomic mass is 10.2. The quantitative estimate of drug-likeness (QED) is 0.919. The molecule has 104 valence electrons. The van der Waals surface area contributed by atoms with Gasteiger partial charge in [0, 0.05) is 42.5 Å². The monoisotopic (exact) mass is 279 g/mol. The highest BCUT2D eigenvalue weighted by Gasteiger charge is 2.25. The number of nitrogens with zero attached hydrogens (tertiary/aromatic N) is 2. The molecule has 0 aliphatic carbocycles. The van der Waals surface area contributed by atoms with E-state index >= 15 is 0 Å². The molecule has 0 aromatic carbocycles. The third kappa shape index (κ3) is 3.62. The standard InChI is InChI=1S/C14H21N3OS/c1-3-5-15-12-4-6-16-13(9-12)14(18)17-7-8-19-10-11(17)2/h4,6,9,11H,3,5,7-8,10H2,1-2H3,(H,15,16). The first-order chi connectivity index (χ1) is 9.22. The Morgan fingerprint density at radius 3 is 3.21 bits per heavy atom. The SMILES string of the molecule is CCCNc1ccnc(C(=O)N2CCSCC2C)c1. The van der Waals surface area contributed by atoms with Crippen LogP contribution in [0.3, 0.4) is 0 Å². The number of hydrogen-bond acceptors (Lipinski definition) is 4. The van der Waals surface area contributed by atoms with Crippen LogP contribution in [0.25, 0.3) is 0 Å². The summed E-state index contributed by atoms with van der Waals surface area (Å²) in [6, 6.07) is 4.05. The third-order valence-electron chi connectivity index (χ3n) is 3.19. The average Bonchev–Trinajstić information content (AvgIpc) is 2.45. The van der Waals surface area contributed by atoms with E-state index in [0.29, 0.717) is 11.7 Å². The predicted molar refractivity (Wildman–Crippen MR) is 80.8 cm³/mol. The Labute approximate surface area is 119 Å². The van der Waals surface area contributed by atoms with Crippen molar-refractivity contribution in [3.63, 3.8) is 0 Å². The molecule has 0 spiro atoms. The second-order valence-corrected chi connectivity index (χ2v) is 5.93. The van der Waals surface area contributed by atoms with Gasteiger partial charge >= 0.3 is 0 Å². The normalized spacial score (nSPS) is 19.3. The molecule has 5 heteroatoms. The maximum atomic E-state index is 12.5. The van der Waals surface area contributed by atoms with Crippen LogP contribution in [0.1, 0.15) is 30.8 Å². The number of thioether (sulfide) groups is 1. The van der Waals surface area contributed by atoms with Gasteiger partial charge in [0.05, 0.1) is 0 Å². The molecule has 19 heavy (non-hydrogen) atoms. The molecule has 1 aliphatic rings. The molecule has 0 bridgehead atoms. The van der Waals surface area contributed by atoms with E-state index in [2.05, 4.69) is 24.1 Å². The minimum Gasteiger partial charge on any atom is -0.385 e. The highest BCUT2D eigenvalue weighted by molar-refractivity contribution is 7.99. The Balaban J connectivity index is 2.09. The number of anilines is 1. The number of hydrogen-bond donors (Lipinski definition) is 1. The molecule has 1 aromatic rings. The number of carbonyl (C=O) groups excluding carboxylic acids is 1. The van der Waals surface area contributed by atoms with Gasteiger partial charge in [-0.25, -0.2) is 0 Å². The molecular formula is C14H21N3OS. The van der Waals surface area contributed by atoms with E-state index in [1.165, 1.54) is 0 Å². The van der Waals surface area contributed by atoms with Gasteiger partial charge in [0.2, 0.25) is 0 Å². The maximum Gasteiger partial charge on any atom is 0.272 e. The smallest absolute Gasteiger partial charge is 0.272 e. The van der Waals surface area contributed by atoms with Crippen LogP contribution in [-0.4, -0.2) is 46.4 Å². The van der Waals surface area contributed by atoms with Crippen LogP contribution < -0.4 is 5.32 Å². The molecule has 1 aliphatic heterocycles. The summed E-state index contributed by atoms with van der Waals surface area (Å²) in [5, 5.41) is 3.29. The van der Waals surface area contributed by atoms with E-state index in [4.69, 9.17) is 0 Å². The minimum atomic E-state index is 0.0490. The number of carbonyl (C=O) groups is 1. The van der Waals surface area contributed by atoms with Gasteiger partial charge in [-0.2, -0.15) is 11.8 Å². The summed E-state index contributed by atoms with van der Waals surface area (Å²) in [5.41, 5.74) is 1.51. The summed E-state index contributed by atoms with van der Waals surface area (Å²) in [6.45, 7) is 5.95. The first-order valence-electron chi connectivity index (χ1n) is 6.81. The summed E-state index contributed by atoms with van der Waals surface area (Å²) < 4.78 is 0. The Kier molecular flexibility index (Phi) is 5.07. The first kappa shape index (κ1) is 14.2. The Hall–Kier alpha value is -1.23. The Morgan fingerprint density at radius 2 is 2.47 bits per heavy atom. The number of nitrogens with one attached hydrogen (secondary N) is 1. The van der Waals surface area contributed by atoms with E-state index < -0.39 is 0 Å². The van der Waals surface area contributed by atoms with Crippen molar-refractivity contribution in [1.82, 2.24) is 9.88 Å². The molecule has 0 radical (unpaired) electrons. The Morgan fingerprint density at radius 1 is 1.63 bits per heavy atom. The molecule has 2 rings (SSSR count). The first-order valence-corrected chi connectivity index (χ1v) is 7.96. The van der Waals surface area contributed by atoms with Gasteiger partial charge in [-0.1, -0.05) is 6.92 Å². The van der Waals surface area contributed by atoms with Crippen LogP contribution in [0, 0.1) is 0 Å². The minimum absolute atomic E-state index is 0.0490. The summed E-state index contributed by atoms with van der Waals surface area (Å²) in [6.07, 6.45) is 2.76. The molecule has 1 N–H and O–H groups in total. The van der Waals surface area contributed by atoms with Crippen molar-refractivity contribution in [1.29, 1.82) is 0 Å². The van der Waals surface area contributed by atoms with E-state index in [1.807, 2.05) is 28.8 Å². The molecule has 1 atom stereocenters. The number of aromatic nitrogens is 1. The zero-order valence-corrected chi connectivity index (χ0v) is 12.4. The molecular weight excluding hydrogens is 258 g/mol. The molecule has 1 unspecified atom stereocenters. The van der Waals surface area contributed by atoms with Crippen LogP contribution in [-0.2, 0) is 0 Å². The van der Waals surface area contributed by atoms with Crippen molar-refractivity contribution >= 4 is 23.4 Å². The van der Waals surface area contributed by atoms with Crippen LogP contribution >= 0.6 is 11.8 Å². The van der Waals surface area contributed by atoms with Crippen molar-refractivity contribution in [2.75, 3.05) is 29.9 Å². The van der Waals surface area contributed by atoms with Gasteiger partial charge in [-0.3, -0.25) is 9.78 Å². The van der Waals surface area contributed by atoms with Crippen molar-refractivity contribution in [3.05, 3.63) is 24.0 Å². The predicted octanol–water partition coefficient (Wildman–Crippen LogP) is 2.48. The van der Waals surface area contributed by atoms with Crippen molar-refractivity contribution < 1.29 is 4.79 Å². The highest BCUT2D eigenvalue weighted by Crippen LogP contribution is 2.19. The van der Waals surface area contributed by atoms with E-state index in [9.17, 15) is 4.79 Å². The fourth-order valence-corrected chi connectivity index (χ4v) is 3.12. The second-order valence-electron chi connectivity index (χ2n) is 4.78. The van der Waals surface area contributed by atoms with Crippen molar-refractivity contribution in [2.24, 2.45) is 0 Å². The van der Waals surface area contributed by atoms with E-state index in [-0.39, 0.29) is 5.91 Å². The lowest BCUT2D eigenvalue weighted by Gasteiger charge is -2.32. The summed E-state index contributed by atoms with van der Waals surface area (Å²) in [7, 11) is 0. The lowest BCUT2D eigenvalue weighted by molar-refractivity contribution is 0.0710. The Bertz CT molecular complexity index is 438. The molecule has 1 saturated heterocycles. The summed E-state index contributed by atoms with van der Waals surface area (Å²) in [5.74, 6) is 2.08. The summed E-state index contributed by atoms with van der Waals surface area (Å²) >= 11 is 1.91. The van der Waals surface area contributed by atoms with Gasteiger partial charge in [0.25, 0.3) is 5.91 Å². The van der Waals surface area contributed by atoms with Gasteiger partial charge in [0.15, 0.2) is 0 Å². The average molecular weight is 279 g/mol. The van der Waals surface area contributed by atoms with Gasteiger partial charge in [0.1, 0.15) is 5.69 Å². The molecule has 1 amide bonds. The molecule has 1 fully saturated rings. The molecule has 4 nitrogen and oxygen atoms in total. The number of rotatable bonds is 4. The fourth-order valence-electron chi connectivity index (χ4n) is 2.10. The topological polar surface area (TPSA) is 45.2 Å². The van der Waals surface area contributed by atoms with Gasteiger partial charge < -0.3 is 10.2 Å². The largest absolute Gasteiger partial charge is 0.385 e. The van der Waals surface area contributed by atoms with Crippen LogP contribution in [0.15, 0.2) is 18.3 Å². The maximum absolute atomic E-state index is 12.5. The van der Waals surface area contributed by atoms with Gasteiger partial charge in [-0.15, -0.1) is 0 Å². The summed E-state index contributed by atoms with van der Waals surface area (Å²) in [4.78, 5) is 18.6. The third-order valence-corrected chi connectivity index (χ3v) is 4.38. The lowest BCUT2D eigenvalue weighted by Crippen LogP contribution is -2.44. The van der Waals surface area contributed by atoms with E-state index in [1.54, 1.807) is 6.20 Å². The molecule has 2 heterocycles. The van der Waals surface area contributed by atoms with E-state index in [0.717, 1.165) is 36.7 Å². The molecule has 0 saturated carbocycles. The van der Waals surface area contributed by atoms with Crippen molar-refractivity contribution in [2.45, 2.75) is 26.3 Å². The van der Waals surface area contributed by atoms with Crippen molar-refractivity contribution in [3.8, 4) is 0 Å². The highest BCUT2D eigenvalue weighted by atomic mass is 32.2. The molecule has 1 aromatic heterocycles. The number of pyridine rings is 1. The zero-order chi connectivity index (χ0) is 13.7. The van der Waals surface area contributed by atoms with Gasteiger partial charge in [-0.05, 0) is 25.5 Å². The van der Waals surface area contributed by atoms with Crippen LogP contribution in [0.2, 0.25) is 0 Å². The van der Waals surface area contributed by atoms with Crippen LogP contribution in [0.4, 0.5) is 5.69 Å². The fraction of sp³-hybridized carbons (Fsp3) is 0.571. The second kappa shape index (κ2) is 6.80.